The molecule has 1 aliphatic rings. The van der Waals surface area contributed by atoms with Crippen LogP contribution in [-0.2, 0) is 14.8 Å². The number of nitrogens with two attached hydrogens (primary N) is 1. The number of imidazole rings is 1. The molecule has 8 heteroatoms. The average Bonchev–Trinajstić information content (AvgIpc) is 2.89. The van der Waals surface area contributed by atoms with Crippen LogP contribution in [0.5, 0.6) is 0 Å². The molecule has 22 heavy (non-hydrogen) atoms. The summed E-state index contributed by atoms with van der Waals surface area (Å²) in [6.07, 6.45) is 0.646. The Morgan fingerprint density at radius 1 is 1.32 bits per heavy atom. The predicted molar refractivity (Wildman–Crippen MR) is 82.8 cm³/mol. The van der Waals surface area contributed by atoms with E-state index in [1.165, 1.54) is 0 Å². The first kappa shape index (κ1) is 15.4. The fraction of sp³-hybridized carbons (Fsp3) is 0.500. The van der Waals surface area contributed by atoms with Crippen LogP contribution in [0.15, 0.2) is 29.4 Å². The van der Waals surface area contributed by atoms with Crippen molar-refractivity contribution < 1.29 is 13.2 Å². The van der Waals surface area contributed by atoms with Gasteiger partial charge in [0.2, 0.25) is 5.16 Å². The molecule has 2 aromatic rings. The van der Waals surface area contributed by atoms with E-state index < -0.39 is 10.0 Å². The highest BCUT2D eigenvalue weighted by Gasteiger charge is 2.28. The second-order valence-electron chi connectivity index (χ2n) is 5.34. The Kier molecular flexibility index (Phi) is 4.18. The number of sulfonamides is 1. The summed E-state index contributed by atoms with van der Waals surface area (Å²) in [5.41, 5.74) is 1.42. The molecule has 120 valence electrons. The summed E-state index contributed by atoms with van der Waals surface area (Å²) in [4.78, 5) is 6.45. The number of nitrogens with zero attached hydrogens (tertiary/aromatic N) is 3. The molecule has 1 aromatic heterocycles. The maximum Gasteiger partial charge on any atom is 0.272 e. The van der Waals surface area contributed by atoms with Crippen molar-refractivity contribution in [2.75, 3.05) is 26.3 Å². The first-order chi connectivity index (χ1) is 10.5. The molecule has 1 fully saturated rings. The number of fused-ring (bicyclic) bond motifs is 1. The lowest BCUT2D eigenvalue weighted by Crippen LogP contribution is -2.42. The summed E-state index contributed by atoms with van der Waals surface area (Å²) in [7, 11) is -3.90. The third-order valence-electron chi connectivity index (χ3n) is 3.95. The molecule has 2 heterocycles. The van der Waals surface area contributed by atoms with Gasteiger partial charge in [-0.1, -0.05) is 19.1 Å². The second-order valence-corrected chi connectivity index (χ2v) is 6.79. The fourth-order valence-electron chi connectivity index (χ4n) is 2.99. The predicted octanol–water partition coefficient (Wildman–Crippen LogP) is 0.925. The number of rotatable bonds is 4. The monoisotopic (exact) mass is 324 g/mol. The van der Waals surface area contributed by atoms with Crippen LogP contribution >= 0.6 is 0 Å². The SMILES string of the molecule is CCC(N1CCOCC1)n1c(S(N)(=O)=O)nc2ccccc21. The number of ether oxygens (including phenoxy) is 1. The summed E-state index contributed by atoms with van der Waals surface area (Å²) in [5, 5.41) is 5.31. The maximum absolute atomic E-state index is 12.0. The molecule has 1 atom stereocenters. The number of hydrogen-bond donors (Lipinski definition) is 1. The van der Waals surface area contributed by atoms with Crippen molar-refractivity contribution in [1.82, 2.24) is 14.5 Å². The van der Waals surface area contributed by atoms with Crippen LogP contribution in [-0.4, -0.2) is 49.2 Å². The van der Waals surface area contributed by atoms with Crippen LogP contribution in [0.3, 0.4) is 0 Å². The van der Waals surface area contributed by atoms with Crippen LogP contribution in [0.1, 0.15) is 19.5 Å². The van der Waals surface area contributed by atoms with E-state index in [1.54, 1.807) is 10.6 Å². The Morgan fingerprint density at radius 2 is 2.00 bits per heavy atom. The molecule has 1 unspecified atom stereocenters. The van der Waals surface area contributed by atoms with Gasteiger partial charge < -0.3 is 4.74 Å². The zero-order chi connectivity index (χ0) is 15.7. The highest BCUT2D eigenvalue weighted by atomic mass is 32.2. The average molecular weight is 324 g/mol. The molecule has 1 aromatic carbocycles. The van der Waals surface area contributed by atoms with Crippen LogP contribution in [0.25, 0.3) is 11.0 Å². The number of para-hydroxylation sites is 2. The maximum atomic E-state index is 12.0. The molecular weight excluding hydrogens is 304 g/mol. The minimum atomic E-state index is -3.90. The van der Waals surface area contributed by atoms with Gasteiger partial charge in [-0.2, -0.15) is 0 Å². The van der Waals surface area contributed by atoms with Crippen molar-refractivity contribution in [1.29, 1.82) is 0 Å². The van der Waals surface area contributed by atoms with E-state index in [9.17, 15) is 8.42 Å². The molecule has 7 nitrogen and oxygen atoms in total. The molecular formula is C14H20N4O3S. The van der Waals surface area contributed by atoms with Crippen molar-refractivity contribution in [2.24, 2.45) is 5.14 Å². The van der Waals surface area contributed by atoms with E-state index >= 15 is 0 Å². The van der Waals surface area contributed by atoms with E-state index in [-0.39, 0.29) is 11.3 Å². The number of aromatic nitrogens is 2. The highest BCUT2D eigenvalue weighted by Crippen LogP contribution is 2.28. The topological polar surface area (TPSA) is 90.5 Å². The van der Waals surface area contributed by atoms with E-state index in [2.05, 4.69) is 9.88 Å². The Balaban J connectivity index is 2.18. The van der Waals surface area contributed by atoms with Crippen molar-refractivity contribution in [3.8, 4) is 0 Å². The van der Waals surface area contributed by atoms with Gasteiger partial charge in [0.15, 0.2) is 0 Å². The summed E-state index contributed by atoms with van der Waals surface area (Å²) < 4.78 is 31.1. The van der Waals surface area contributed by atoms with Crippen LogP contribution in [0.2, 0.25) is 0 Å². The Bertz CT molecular complexity index is 765. The number of morpholine rings is 1. The fourth-order valence-corrected chi connectivity index (χ4v) is 3.71. The minimum absolute atomic E-state index is 0.0768. The molecule has 1 saturated heterocycles. The van der Waals surface area contributed by atoms with Gasteiger partial charge in [-0.15, -0.1) is 0 Å². The zero-order valence-corrected chi connectivity index (χ0v) is 13.3. The summed E-state index contributed by atoms with van der Waals surface area (Å²) >= 11 is 0. The molecule has 0 bridgehead atoms. The van der Waals surface area contributed by atoms with Crippen molar-refractivity contribution in [3.63, 3.8) is 0 Å². The van der Waals surface area contributed by atoms with Crippen molar-refractivity contribution >= 4 is 21.1 Å². The van der Waals surface area contributed by atoms with Gasteiger partial charge in [0.25, 0.3) is 10.0 Å². The van der Waals surface area contributed by atoms with E-state index in [1.807, 2.05) is 25.1 Å². The Labute approximate surface area is 129 Å². The van der Waals surface area contributed by atoms with Crippen molar-refractivity contribution in [2.45, 2.75) is 24.7 Å². The van der Waals surface area contributed by atoms with E-state index in [4.69, 9.17) is 9.88 Å². The van der Waals surface area contributed by atoms with Crippen LogP contribution < -0.4 is 5.14 Å². The summed E-state index contributed by atoms with van der Waals surface area (Å²) in [6, 6.07) is 7.38. The van der Waals surface area contributed by atoms with Gasteiger partial charge in [0.05, 0.1) is 30.4 Å². The molecule has 0 aliphatic carbocycles. The lowest BCUT2D eigenvalue weighted by molar-refractivity contribution is -0.00395. The van der Waals surface area contributed by atoms with E-state index in [0.717, 1.165) is 25.0 Å². The second kappa shape index (κ2) is 5.96. The quantitative estimate of drug-likeness (QED) is 0.903. The number of benzene rings is 1. The van der Waals surface area contributed by atoms with Gasteiger partial charge in [-0.05, 0) is 18.6 Å². The van der Waals surface area contributed by atoms with Crippen LogP contribution in [0.4, 0.5) is 0 Å². The van der Waals surface area contributed by atoms with Gasteiger partial charge in [0, 0.05) is 13.1 Å². The van der Waals surface area contributed by atoms with Gasteiger partial charge in [0.1, 0.15) is 0 Å². The first-order valence-corrected chi connectivity index (χ1v) is 8.88. The third-order valence-corrected chi connectivity index (χ3v) is 4.75. The standard InChI is InChI=1S/C14H20N4O3S/c1-2-13(17-7-9-21-10-8-17)18-12-6-4-3-5-11(12)16-14(18)22(15,19)20/h3-6,13H,2,7-10H2,1H3,(H2,15,19,20). The minimum Gasteiger partial charge on any atom is -0.379 e. The lowest BCUT2D eigenvalue weighted by Gasteiger charge is -2.35. The first-order valence-electron chi connectivity index (χ1n) is 7.34. The lowest BCUT2D eigenvalue weighted by atomic mass is 10.2. The summed E-state index contributed by atoms with van der Waals surface area (Å²) in [5.74, 6) is 0. The molecule has 2 N–H and O–H groups in total. The smallest absolute Gasteiger partial charge is 0.272 e. The van der Waals surface area contributed by atoms with Gasteiger partial charge >= 0.3 is 0 Å². The van der Waals surface area contributed by atoms with Crippen LogP contribution in [0, 0.1) is 0 Å². The largest absolute Gasteiger partial charge is 0.379 e. The number of hydrogen-bond acceptors (Lipinski definition) is 5. The third kappa shape index (κ3) is 2.74. The normalized spacial score (nSPS) is 18.6. The molecule has 3 rings (SSSR count). The molecule has 0 radical (unpaired) electrons. The number of primary sulfonamides is 1. The Morgan fingerprint density at radius 3 is 2.64 bits per heavy atom. The van der Waals surface area contributed by atoms with E-state index in [0.29, 0.717) is 18.7 Å². The Hall–Kier alpha value is -1.48. The summed E-state index contributed by atoms with van der Waals surface area (Å²) in [6.45, 7) is 4.84. The molecule has 1 aliphatic heterocycles. The van der Waals surface area contributed by atoms with Gasteiger partial charge in [-0.3, -0.25) is 9.47 Å². The highest BCUT2D eigenvalue weighted by molar-refractivity contribution is 7.89. The van der Waals surface area contributed by atoms with Crippen molar-refractivity contribution in [3.05, 3.63) is 24.3 Å². The van der Waals surface area contributed by atoms with Gasteiger partial charge in [-0.25, -0.2) is 18.5 Å². The zero-order valence-electron chi connectivity index (χ0n) is 12.5. The molecule has 0 amide bonds. The molecule has 0 saturated carbocycles. The molecule has 0 spiro atoms.